The Balaban J connectivity index is 3.80. The highest BCUT2D eigenvalue weighted by molar-refractivity contribution is 7.45. The Morgan fingerprint density at radius 3 is 1.19 bits per heavy atom. The number of nitrogens with zero attached hydrogens (tertiary/aromatic N) is 1. The molecular formula is C52H102NO8P. The van der Waals surface area contributed by atoms with Crippen LogP contribution in [0.2, 0.25) is 0 Å². The number of phosphoric ester groups is 1. The van der Waals surface area contributed by atoms with Crippen LogP contribution in [0.25, 0.3) is 0 Å². The maximum atomic E-state index is 12.6. The third-order valence-electron chi connectivity index (χ3n) is 11.8. The lowest BCUT2D eigenvalue weighted by Crippen LogP contribution is -2.37. The molecule has 9 nitrogen and oxygen atoms in total. The van der Waals surface area contributed by atoms with Crippen LogP contribution in [0.15, 0.2) is 12.2 Å². The maximum absolute atomic E-state index is 12.6. The summed E-state index contributed by atoms with van der Waals surface area (Å²) < 4.78 is 33.7. The van der Waals surface area contributed by atoms with Gasteiger partial charge < -0.3 is 27.9 Å². The number of rotatable bonds is 49. The maximum Gasteiger partial charge on any atom is 0.306 e. The van der Waals surface area contributed by atoms with Crippen molar-refractivity contribution in [3.63, 3.8) is 0 Å². The van der Waals surface area contributed by atoms with Crippen LogP contribution in [0.1, 0.15) is 258 Å². The second-order valence-electron chi connectivity index (χ2n) is 19.2. The molecule has 62 heavy (non-hydrogen) atoms. The molecule has 0 saturated heterocycles. The lowest BCUT2D eigenvalue weighted by molar-refractivity contribution is -0.870. The Hall–Kier alpha value is -1.25. The number of carbonyl (C=O) groups is 2. The van der Waals surface area contributed by atoms with Gasteiger partial charge in [0, 0.05) is 12.8 Å². The summed E-state index contributed by atoms with van der Waals surface area (Å²) in [5, 5.41) is 0. The molecule has 2 unspecified atom stereocenters. The van der Waals surface area contributed by atoms with Crippen LogP contribution in [0, 0.1) is 0 Å². The number of unbranched alkanes of at least 4 members (excludes halogenated alkanes) is 33. The molecule has 2 atom stereocenters. The molecule has 0 amide bonds. The van der Waals surface area contributed by atoms with Crippen molar-refractivity contribution in [3.05, 3.63) is 12.2 Å². The third-order valence-corrected chi connectivity index (χ3v) is 12.7. The van der Waals surface area contributed by atoms with Gasteiger partial charge in [-0.3, -0.25) is 14.2 Å². The summed E-state index contributed by atoms with van der Waals surface area (Å²) in [6, 6.07) is 0. The first kappa shape index (κ1) is 60.8. The molecular weight excluding hydrogens is 798 g/mol. The van der Waals surface area contributed by atoms with E-state index in [1.165, 1.54) is 180 Å². The molecule has 0 saturated carbocycles. The first-order valence-corrected chi connectivity index (χ1v) is 27.9. The summed E-state index contributed by atoms with van der Waals surface area (Å²) in [4.78, 5) is 37.3. The molecule has 0 aromatic heterocycles. The van der Waals surface area contributed by atoms with Crippen LogP contribution in [0.3, 0.4) is 0 Å². The van der Waals surface area contributed by atoms with Gasteiger partial charge in [-0.15, -0.1) is 0 Å². The van der Waals surface area contributed by atoms with E-state index in [0.717, 1.165) is 44.9 Å². The number of quaternary nitrogens is 1. The van der Waals surface area contributed by atoms with Crippen LogP contribution in [0.4, 0.5) is 0 Å². The molecule has 0 radical (unpaired) electrons. The Morgan fingerprint density at radius 1 is 0.484 bits per heavy atom. The summed E-state index contributed by atoms with van der Waals surface area (Å²) in [6.07, 6.45) is 50.5. The molecule has 0 aromatic rings. The second kappa shape index (κ2) is 44.9. The van der Waals surface area contributed by atoms with Gasteiger partial charge in [0.05, 0.1) is 27.7 Å². The van der Waals surface area contributed by atoms with Crippen molar-refractivity contribution in [1.82, 2.24) is 0 Å². The fourth-order valence-electron chi connectivity index (χ4n) is 7.65. The fraction of sp³-hybridized carbons (Fsp3) is 0.923. The van der Waals surface area contributed by atoms with Gasteiger partial charge in [0.25, 0.3) is 7.82 Å². The summed E-state index contributed by atoms with van der Waals surface area (Å²) >= 11 is 0. The number of allylic oxidation sites excluding steroid dienone is 2. The Bertz CT molecular complexity index is 1060. The van der Waals surface area contributed by atoms with Crippen molar-refractivity contribution in [2.45, 2.75) is 264 Å². The van der Waals surface area contributed by atoms with Crippen molar-refractivity contribution >= 4 is 19.8 Å². The van der Waals surface area contributed by atoms with Crippen molar-refractivity contribution in [1.29, 1.82) is 0 Å². The van der Waals surface area contributed by atoms with Gasteiger partial charge in [0.2, 0.25) is 0 Å². The quantitative estimate of drug-likeness (QED) is 0.0195. The van der Waals surface area contributed by atoms with Gasteiger partial charge in [-0.05, 0) is 38.5 Å². The molecule has 0 rings (SSSR count). The molecule has 0 N–H and O–H groups in total. The van der Waals surface area contributed by atoms with Crippen LogP contribution in [-0.4, -0.2) is 70.0 Å². The molecule has 0 heterocycles. The van der Waals surface area contributed by atoms with E-state index in [1.54, 1.807) is 0 Å². The minimum atomic E-state index is -4.61. The first-order chi connectivity index (χ1) is 30.0. The van der Waals surface area contributed by atoms with E-state index in [0.29, 0.717) is 17.4 Å². The summed E-state index contributed by atoms with van der Waals surface area (Å²) in [7, 11) is 1.18. The largest absolute Gasteiger partial charge is 0.756 e. The monoisotopic (exact) mass is 900 g/mol. The highest BCUT2D eigenvalue weighted by atomic mass is 31.2. The molecule has 0 fully saturated rings. The lowest BCUT2D eigenvalue weighted by Gasteiger charge is -2.28. The van der Waals surface area contributed by atoms with Crippen molar-refractivity contribution < 1.29 is 42.1 Å². The lowest BCUT2D eigenvalue weighted by atomic mass is 10.0. The molecule has 0 aliphatic rings. The Kier molecular flexibility index (Phi) is 44.0. The zero-order valence-corrected chi connectivity index (χ0v) is 42.5. The average Bonchev–Trinajstić information content (AvgIpc) is 3.22. The second-order valence-corrected chi connectivity index (χ2v) is 20.7. The summed E-state index contributed by atoms with van der Waals surface area (Å²) in [6.45, 7) is 4.16. The zero-order valence-electron chi connectivity index (χ0n) is 41.6. The van der Waals surface area contributed by atoms with E-state index in [-0.39, 0.29) is 26.1 Å². The van der Waals surface area contributed by atoms with Gasteiger partial charge in [0.1, 0.15) is 19.8 Å². The molecule has 0 aliphatic carbocycles. The third kappa shape index (κ3) is 48.2. The van der Waals surface area contributed by atoms with Crippen molar-refractivity contribution in [2.75, 3.05) is 47.5 Å². The van der Waals surface area contributed by atoms with Crippen LogP contribution in [0.5, 0.6) is 0 Å². The number of esters is 2. The van der Waals surface area contributed by atoms with Crippen molar-refractivity contribution in [2.24, 2.45) is 0 Å². The summed E-state index contributed by atoms with van der Waals surface area (Å²) in [5.74, 6) is -0.836. The Labute approximate surface area is 384 Å². The van der Waals surface area contributed by atoms with Crippen LogP contribution >= 0.6 is 7.82 Å². The van der Waals surface area contributed by atoms with Gasteiger partial charge >= 0.3 is 11.9 Å². The molecule has 0 aromatic carbocycles. The predicted octanol–water partition coefficient (Wildman–Crippen LogP) is 15.1. The predicted molar refractivity (Wildman–Crippen MR) is 259 cm³/mol. The first-order valence-electron chi connectivity index (χ1n) is 26.4. The van der Waals surface area contributed by atoms with Crippen LogP contribution in [-0.2, 0) is 32.7 Å². The van der Waals surface area contributed by atoms with E-state index < -0.39 is 32.5 Å². The highest BCUT2D eigenvalue weighted by Gasteiger charge is 2.21. The topological polar surface area (TPSA) is 111 Å². The highest BCUT2D eigenvalue weighted by Crippen LogP contribution is 2.38. The zero-order chi connectivity index (χ0) is 45.7. The Morgan fingerprint density at radius 2 is 0.823 bits per heavy atom. The van der Waals surface area contributed by atoms with E-state index in [9.17, 15) is 19.0 Å². The normalized spacial score (nSPS) is 13.5. The van der Waals surface area contributed by atoms with E-state index in [1.807, 2.05) is 21.1 Å². The molecule has 368 valence electrons. The number of hydrogen-bond acceptors (Lipinski definition) is 8. The molecule has 10 heteroatoms. The molecule has 0 aliphatic heterocycles. The SMILES string of the molecule is CCCCCCCCCC/C=C\CCCCCCCCCCCCCCCCCCCCCCCC(=O)OC(COC(=O)CCCCCCC)COP(=O)([O-])OCC[N+](C)(C)C. The number of carbonyl (C=O) groups excluding carboxylic acids is 2. The average molecular weight is 900 g/mol. The summed E-state index contributed by atoms with van der Waals surface area (Å²) in [5.41, 5.74) is 0. The number of hydrogen-bond donors (Lipinski definition) is 0. The number of ether oxygens (including phenoxy) is 2. The standard InChI is InChI=1S/C52H102NO8P/c1-6-8-10-12-13-14-15-16-17-18-19-20-21-22-23-24-25-26-27-28-29-30-31-32-33-34-35-36-37-38-39-41-43-45-52(55)61-50(48-58-51(54)44-42-40-11-9-7-2)49-60-62(56,57)59-47-46-53(3,4)5/h18-19,50H,6-17,20-49H2,1-5H3/b19-18-. The number of likely N-dealkylation sites (N-methyl/N-ethyl adjacent to an activating group) is 1. The van der Waals surface area contributed by atoms with E-state index >= 15 is 0 Å². The van der Waals surface area contributed by atoms with E-state index in [4.69, 9.17) is 18.5 Å². The number of phosphoric acid groups is 1. The minimum absolute atomic E-state index is 0.0273. The van der Waals surface area contributed by atoms with Gasteiger partial charge in [-0.25, -0.2) is 0 Å². The van der Waals surface area contributed by atoms with Crippen LogP contribution < -0.4 is 4.89 Å². The molecule has 0 bridgehead atoms. The molecule has 0 spiro atoms. The van der Waals surface area contributed by atoms with Crippen molar-refractivity contribution in [3.8, 4) is 0 Å². The van der Waals surface area contributed by atoms with Gasteiger partial charge in [-0.1, -0.05) is 219 Å². The minimum Gasteiger partial charge on any atom is -0.756 e. The fourth-order valence-corrected chi connectivity index (χ4v) is 8.38. The smallest absolute Gasteiger partial charge is 0.306 e. The van der Waals surface area contributed by atoms with Gasteiger partial charge in [-0.2, -0.15) is 0 Å². The van der Waals surface area contributed by atoms with Gasteiger partial charge in [0.15, 0.2) is 6.10 Å². The van der Waals surface area contributed by atoms with E-state index in [2.05, 4.69) is 26.0 Å².